The highest BCUT2D eigenvalue weighted by Gasteiger charge is 2.41. The first kappa shape index (κ1) is 28.1. The summed E-state index contributed by atoms with van der Waals surface area (Å²) in [6, 6.07) is 0.852. The summed E-state index contributed by atoms with van der Waals surface area (Å²) >= 11 is 12.3. The summed E-state index contributed by atoms with van der Waals surface area (Å²) in [4.78, 5) is 0. The van der Waals surface area contributed by atoms with Crippen molar-refractivity contribution in [1.82, 2.24) is 0 Å². The van der Waals surface area contributed by atoms with Crippen molar-refractivity contribution in [2.24, 2.45) is 0 Å². The Morgan fingerprint density at radius 3 is 1.67 bits per heavy atom. The highest BCUT2D eigenvalue weighted by atomic mass is 35.7. The van der Waals surface area contributed by atoms with Crippen LogP contribution in [0.25, 0.3) is 0 Å². The smallest absolute Gasteiger partial charge is 0.248 e. The summed E-state index contributed by atoms with van der Waals surface area (Å²) in [6.07, 6.45) is 0.863. The molecule has 0 aromatic heterocycles. The molecule has 0 aliphatic carbocycles. The second-order valence-electron chi connectivity index (χ2n) is 10.8. The predicted octanol–water partition coefficient (Wildman–Crippen LogP) is 7.35. The molecule has 0 bridgehead atoms. The van der Waals surface area contributed by atoms with Crippen LogP contribution in [0.3, 0.4) is 0 Å². The Morgan fingerprint density at radius 2 is 1.26 bits per heavy atom. The molecular formula is C19H44Cl2O3Si3. The van der Waals surface area contributed by atoms with E-state index in [9.17, 15) is 0 Å². The van der Waals surface area contributed by atoms with Crippen LogP contribution in [0.4, 0.5) is 0 Å². The Morgan fingerprint density at radius 1 is 0.778 bits per heavy atom. The maximum Gasteiger partial charge on any atom is 0.248 e. The number of hydrogen-bond donors (Lipinski definition) is 0. The first-order valence-corrected chi connectivity index (χ1v) is 20.6. The molecule has 0 saturated carbocycles. The summed E-state index contributed by atoms with van der Waals surface area (Å²) in [5, 5.41) is 0.345. The largest absolute Gasteiger partial charge is 0.414 e. The highest BCUT2D eigenvalue weighted by Crippen LogP contribution is 2.39. The fourth-order valence-corrected chi connectivity index (χ4v) is 5.85. The Hall–Kier alpha value is 1.11. The van der Waals surface area contributed by atoms with Crippen molar-refractivity contribution >= 4 is 45.5 Å². The van der Waals surface area contributed by atoms with Crippen molar-refractivity contribution in [2.75, 3.05) is 19.8 Å². The lowest BCUT2D eigenvalue weighted by Crippen LogP contribution is -2.49. The van der Waals surface area contributed by atoms with Crippen molar-refractivity contribution < 1.29 is 13.6 Å². The molecule has 0 saturated heterocycles. The molecule has 27 heavy (non-hydrogen) atoms. The molecule has 164 valence electrons. The predicted molar refractivity (Wildman–Crippen MR) is 129 cm³/mol. The van der Waals surface area contributed by atoms with Gasteiger partial charge in [-0.2, -0.15) is 0 Å². The minimum Gasteiger partial charge on any atom is -0.414 e. The molecule has 0 N–H and O–H groups in total. The Labute approximate surface area is 181 Å². The van der Waals surface area contributed by atoms with Gasteiger partial charge >= 0.3 is 0 Å². The summed E-state index contributed by atoms with van der Waals surface area (Å²) in [6.45, 7) is 24.4. The maximum absolute atomic E-state index is 6.63. The molecule has 0 amide bonds. The number of halogens is 2. The van der Waals surface area contributed by atoms with Crippen LogP contribution < -0.4 is 0 Å². The van der Waals surface area contributed by atoms with E-state index in [4.69, 9.17) is 35.7 Å². The zero-order valence-corrected chi connectivity index (χ0v) is 24.1. The van der Waals surface area contributed by atoms with Crippen molar-refractivity contribution in [3.8, 4) is 0 Å². The number of ether oxygens (including phenoxy) is 1. The Bertz CT molecular complexity index is 439. The summed E-state index contributed by atoms with van der Waals surface area (Å²) in [5.74, 6) is 0. The topological polar surface area (TPSA) is 27.7 Å². The second-order valence-corrected chi connectivity index (χ2v) is 28.6. The quantitative estimate of drug-likeness (QED) is 0.178. The van der Waals surface area contributed by atoms with Gasteiger partial charge in [-0.05, 0) is 55.3 Å². The van der Waals surface area contributed by atoms with Crippen LogP contribution in [-0.4, -0.2) is 49.3 Å². The summed E-state index contributed by atoms with van der Waals surface area (Å²) < 4.78 is 19.0. The van der Waals surface area contributed by atoms with Crippen LogP contribution in [0, 0.1) is 0 Å². The molecule has 8 heteroatoms. The lowest BCUT2D eigenvalue weighted by molar-refractivity contribution is 0.0160. The zero-order valence-electron chi connectivity index (χ0n) is 19.6. The van der Waals surface area contributed by atoms with E-state index in [-0.39, 0.29) is 16.2 Å². The van der Waals surface area contributed by atoms with Gasteiger partial charge in [0.2, 0.25) is 6.69 Å². The fraction of sp³-hybridized carbons (Fsp3) is 1.00. The monoisotopic (exact) mass is 474 g/mol. The van der Waals surface area contributed by atoms with Crippen LogP contribution >= 0.6 is 22.2 Å². The van der Waals surface area contributed by atoms with E-state index in [1.165, 1.54) is 0 Å². The van der Waals surface area contributed by atoms with Gasteiger partial charge in [-0.15, -0.1) is 22.2 Å². The summed E-state index contributed by atoms with van der Waals surface area (Å²) in [7, 11) is -3.71. The summed E-state index contributed by atoms with van der Waals surface area (Å²) in [5.41, 5.74) is 0. The molecule has 0 aromatic rings. The van der Waals surface area contributed by atoms with E-state index in [1.807, 2.05) is 6.55 Å². The van der Waals surface area contributed by atoms with Gasteiger partial charge in [0.1, 0.15) is 0 Å². The molecule has 0 rings (SSSR count). The van der Waals surface area contributed by atoms with Crippen LogP contribution in [0.2, 0.25) is 48.9 Å². The molecule has 1 atom stereocenters. The second kappa shape index (κ2) is 10.4. The normalized spacial score (nSPS) is 15.9. The van der Waals surface area contributed by atoms with Crippen LogP contribution in [0.5, 0.6) is 0 Å². The highest BCUT2D eigenvalue weighted by molar-refractivity contribution is 7.44. The van der Waals surface area contributed by atoms with E-state index in [0.29, 0.717) is 19.8 Å². The van der Waals surface area contributed by atoms with E-state index in [2.05, 4.69) is 67.7 Å². The molecule has 1 unspecified atom stereocenters. The van der Waals surface area contributed by atoms with Crippen molar-refractivity contribution in [2.45, 2.75) is 103 Å². The Kier molecular flexibility index (Phi) is 10.9. The average Bonchev–Trinajstić information content (AvgIpc) is 2.40. The van der Waals surface area contributed by atoms with E-state index in [1.54, 1.807) is 0 Å². The van der Waals surface area contributed by atoms with Crippen LogP contribution in [-0.2, 0) is 13.6 Å². The molecular weight excluding hydrogens is 431 g/mol. The standard InChI is InChI=1S/C19H44Cl2O3Si3/c1-18(2,3)25(7,8)23-16-17(24-26(9,10)19(4,5)6)15-22-13-12-14-27(11,20)21/h17H,12-16H2,1-11H3. The molecule has 0 heterocycles. The minimum atomic E-state index is -2.04. The van der Waals surface area contributed by atoms with Crippen LogP contribution in [0.1, 0.15) is 48.0 Å². The SMILES string of the molecule is CC(C)(C)[Si](C)(C)OCC(COCCC[Si](C)(Cl)Cl)O[Si](C)(C)C(C)(C)C. The maximum atomic E-state index is 6.63. The molecule has 0 radical (unpaired) electrons. The molecule has 0 aliphatic heterocycles. The third kappa shape index (κ3) is 11.2. The molecule has 0 spiro atoms. The molecule has 3 nitrogen and oxygen atoms in total. The molecule has 0 aliphatic rings. The van der Waals surface area contributed by atoms with Gasteiger partial charge in [0.15, 0.2) is 16.6 Å². The van der Waals surface area contributed by atoms with Gasteiger partial charge in [0.25, 0.3) is 0 Å². The van der Waals surface area contributed by atoms with Gasteiger partial charge < -0.3 is 13.6 Å². The third-order valence-corrected chi connectivity index (χ3v) is 17.3. The molecule has 0 fully saturated rings. The van der Waals surface area contributed by atoms with Gasteiger partial charge in [0.05, 0.1) is 19.3 Å². The minimum absolute atomic E-state index is 0.0318. The van der Waals surface area contributed by atoms with Gasteiger partial charge in [-0.1, -0.05) is 41.5 Å². The van der Waals surface area contributed by atoms with Gasteiger partial charge in [-0.3, -0.25) is 0 Å². The zero-order chi connectivity index (χ0) is 21.7. The van der Waals surface area contributed by atoms with Crippen molar-refractivity contribution in [1.29, 1.82) is 0 Å². The van der Waals surface area contributed by atoms with Crippen molar-refractivity contribution in [3.63, 3.8) is 0 Å². The first-order chi connectivity index (χ1) is 11.8. The Balaban J connectivity index is 4.87. The lowest BCUT2D eigenvalue weighted by atomic mass is 10.2. The lowest BCUT2D eigenvalue weighted by Gasteiger charge is -2.41. The van der Waals surface area contributed by atoms with E-state index >= 15 is 0 Å². The average molecular weight is 476 g/mol. The molecule has 0 aromatic carbocycles. The fourth-order valence-electron chi connectivity index (χ4n) is 1.93. The van der Waals surface area contributed by atoms with Crippen molar-refractivity contribution in [3.05, 3.63) is 0 Å². The third-order valence-electron chi connectivity index (χ3n) is 5.91. The van der Waals surface area contributed by atoms with E-state index in [0.717, 1.165) is 12.5 Å². The number of rotatable bonds is 11. The number of hydrogen-bond acceptors (Lipinski definition) is 3. The van der Waals surface area contributed by atoms with Crippen LogP contribution in [0.15, 0.2) is 0 Å². The van der Waals surface area contributed by atoms with Gasteiger partial charge in [0, 0.05) is 6.61 Å². The van der Waals surface area contributed by atoms with Gasteiger partial charge in [-0.25, -0.2) is 0 Å². The first-order valence-electron chi connectivity index (χ1n) is 10.1. The van der Waals surface area contributed by atoms with E-state index < -0.39 is 23.3 Å².